The topological polar surface area (TPSA) is 37.8 Å². The summed E-state index contributed by atoms with van der Waals surface area (Å²) in [5.41, 5.74) is 0.387. The highest BCUT2D eigenvalue weighted by atomic mass is 19.4. The number of hydrogen-bond acceptors (Lipinski definition) is 3. The molecule has 1 heterocycles. The van der Waals surface area contributed by atoms with E-state index >= 15 is 0 Å². The van der Waals surface area contributed by atoms with Gasteiger partial charge in [0.1, 0.15) is 17.3 Å². The number of hydrogen-bond donors (Lipinski definition) is 1. The summed E-state index contributed by atoms with van der Waals surface area (Å²) in [4.78, 5) is 7.23. The second-order valence-corrected chi connectivity index (χ2v) is 4.54. The molecule has 1 aromatic heterocycles. The molecule has 112 valence electrons. The molecule has 21 heavy (non-hydrogen) atoms. The minimum Gasteiger partial charge on any atom is -0.306 e. The van der Waals surface area contributed by atoms with Gasteiger partial charge in [-0.25, -0.2) is 14.4 Å². The summed E-state index contributed by atoms with van der Waals surface area (Å²) >= 11 is 0. The van der Waals surface area contributed by atoms with E-state index in [0.717, 1.165) is 17.8 Å². The van der Waals surface area contributed by atoms with Gasteiger partial charge in [0.05, 0.1) is 6.54 Å². The average molecular weight is 299 g/mol. The van der Waals surface area contributed by atoms with Crippen LogP contribution in [0.3, 0.4) is 0 Å². The summed E-state index contributed by atoms with van der Waals surface area (Å²) in [6.45, 7) is 2.13. The Balaban J connectivity index is 1.96. The molecule has 3 nitrogen and oxygen atoms in total. The third-order valence-corrected chi connectivity index (χ3v) is 2.83. The van der Waals surface area contributed by atoms with Gasteiger partial charge in [-0.3, -0.25) is 0 Å². The maximum atomic E-state index is 13.1. The van der Waals surface area contributed by atoms with E-state index in [-0.39, 0.29) is 18.2 Å². The molecule has 7 heteroatoms. The van der Waals surface area contributed by atoms with Gasteiger partial charge < -0.3 is 5.32 Å². The van der Waals surface area contributed by atoms with E-state index in [4.69, 9.17) is 0 Å². The molecule has 2 aromatic rings. The van der Waals surface area contributed by atoms with Crippen LogP contribution in [0.2, 0.25) is 0 Å². The van der Waals surface area contributed by atoms with E-state index < -0.39 is 11.9 Å². The first kappa shape index (κ1) is 15.4. The lowest BCUT2D eigenvalue weighted by atomic mass is 10.1. The maximum absolute atomic E-state index is 13.1. The van der Waals surface area contributed by atoms with Gasteiger partial charge in [0.2, 0.25) is 0 Å². The van der Waals surface area contributed by atoms with Gasteiger partial charge in [0.25, 0.3) is 0 Å². The van der Waals surface area contributed by atoms with Crippen LogP contribution >= 0.6 is 0 Å². The molecule has 0 radical (unpaired) electrons. The molecule has 0 unspecified atom stereocenters. The summed E-state index contributed by atoms with van der Waals surface area (Å²) in [7, 11) is 0. The lowest BCUT2D eigenvalue weighted by Crippen LogP contribution is -2.17. The molecule has 0 aliphatic heterocycles. The summed E-state index contributed by atoms with van der Waals surface area (Å²) < 4.78 is 50.6. The van der Waals surface area contributed by atoms with Crippen molar-refractivity contribution in [2.75, 3.05) is 0 Å². The van der Waals surface area contributed by atoms with Crippen molar-refractivity contribution in [2.45, 2.75) is 26.2 Å². The van der Waals surface area contributed by atoms with Crippen LogP contribution in [-0.2, 0) is 19.3 Å². The van der Waals surface area contributed by atoms with Crippen molar-refractivity contribution in [2.24, 2.45) is 0 Å². The van der Waals surface area contributed by atoms with Crippen LogP contribution in [0.1, 0.15) is 22.6 Å². The largest absolute Gasteiger partial charge is 0.433 e. The quantitative estimate of drug-likeness (QED) is 0.881. The Hall–Kier alpha value is -2.02. The summed E-state index contributed by atoms with van der Waals surface area (Å²) in [6.07, 6.45) is -3.40. The van der Waals surface area contributed by atoms with E-state index in [2.05, 4.69) is 15.3 Å². The zero-order valence-electron chi connectivity index (χ0n) is 11.2. The number of nitrogens with one attached hydrogen (secondary N) is 1. The Bertz CT molecular complexity index is 626. The Kier molecular flexibility index (Phi) is 4.52. The van der Waals surface area contributed by atoms with E-state index in [1.54, 1.807) is 19.1 Å². The third-order valence-electron chi connectivity index (χ3n) is 2.83. The molecular formula is C14H13F4N3. The van der Waals surface area contributed by atoms with Gasteiger partial charge in [0.15, 0.2) is 0 Å². The fourth-order valence-electron chi connectivity index (χ4n) is 1.78. The Labute approximate surface area is 119 Å². The number of rotatable bonds is 4. The maximum Gasteiger partial charge on any atom is 0.433 e. The number of benzene rings is 1. The van der Waals surface area contributed by atoms with Crippen molar-refractivity contribution < 1.29 is 17.6 Å². The highest BCUT2D eigenvalue weighted by molar-refractivity contribution is 5.23. The second-order valence-electron chi connectivity index (χ2n) is 4.54. The van der Waals surface area contributed by atoms with Gasteiger partial charge in [-0.1, -0.05) is 12.1 Å². The summed E-state index contributed by atoms with van der Waals surface area (Å²) in [5.74, 6) is -0.233. The fourth-order valence-corrected chi connectivity index (χ4v) is 1.78. The van der Waals surface area contributed by atoms with Gasteiger partial charge in [-0.2, -0.15) is 13.2 Å². The average Bonchev–Trinajstić information content (AvgIpc) is 2.42. The van der Waals surface area contributed by atoms with Crippen LogP contribution in [0.25, 0.3) is 0 Å². The molecule has 0 atom stereocenters. The molecule has 0 aliphatic rings. The number of halogens is 4. The highest BCUT2D eigenvalue weighted by Crippen LogP contribution is 2.26. The van der Waals surface area contributed by atoms with Crippen LogP contribution in [0.4, 0.5) is 17.6 Å². The van der Waals surface area contributed by atoms with Crippen LogP contribution in [0.15, 0.2) is 30.5 Å². The van der Waals surface area contributed by atoms with Crippen molar-refractivity contribution >= 4 is 0 Å². The van der Waals surface area contributed by atoms with Gasteiger partial charge in [-0.15, -0.1) is 0 Å². The second kappa shape index (κ2) is 6.17. The molecule has 2 rings (SSSR count). The van der Waals surface area contributed by atoms with Crippen LogP contribution in [-0.4, -0.2) is 9.97 Å². The van der Waals surface area contributed by atoms with Crippen molar-refractivity contribution in [3.63, 3.8) is 0 Å². The molecule has 0 bridgehead atoms. The van der Waals surface area contributed by atoms with Gasteiger partial charge in [-0.05, 0) is 30.2 Å². The zero-order valence-corrected chi connectivity index (χ0v) is 11.2. The monoisotopic (exact) mass is 299 g/mol. The fraction of sp³-hybridized carbons (Fsp3) is 0.286. The number of nitrogens with zero attached hydrogens (tertiary/aromatic N) is 2. The van der Waals surface area contributed by atoms with Crippen LogP contribution < -0.4 is 5.32 Å². The van der Waals surface area contributed by atoms with E-state index in [9.17, 15) is 17.6 Å². The molecule has 0 saturated carbocycles. The summed E-state index contributed by atoms with van der Waals surface area (Å²) in [5, 5.41) is 2.93. The summed E-state index contributed by atoms with van der Waals surface area (Å²) in [6, 6.07) is 5.47. The van der Waals surface area contributed by atoms with Crippen molar-refractivity contribution in [3.8, 4) is 0 Å². The van der Waals surface area contributed by atoms with Crippen molar-refractivity contribution in [3.05, 3.63) is 58.9 Å². The lowest BCUT2D eigenvalue weighted by molar-refractivity contribution is -0.141. The first-order valence-corrected chi connectivity index (χ1v) is 6.21. The molecule has 1 aromatic carbocycles. The van der Waals surface area contributed by atoms with Crippen molar-refractivity contribution in [1.29, 1.82) is 0 Å². The first-order valence-electron chi connectivity index (χ1n) is 6.21. The highest BCUT2D eigenvalue weighted by Gasteiger charge is 2.32. The van der Waals surface area contributed by atoms with E-state index in [1.807, 2.05) is 0 Å². The molecule has 0 saturated heterocycles. The molecule has 0 fully saturated rings. The number of alkyl halides is 3. The van der Waals surface area contributed by atoms with E-state index in [0.29, 0.717) is 12.1 Å². The molecule has 0 aliphatic carbocycles. The predicted molar refractivity (Wildman–Crippen MR) is 68.7 cm³/mol. The standard InChI is InChI=1S/C14H13F4N3/c1-9-6-10(2-3-11(9)15)7-19-8-13-20-5-4-12(21-13)14(16,17)18/h2-6,19H,7-8H2,1H3. The molecule has 0 amide bonds. The van der Waals surface area contributed by atoms with Crippen molar-refractivity contribution in [1.82, 2.24) is 15.3 Å². The van der Waals surface area contributed by atoms with E-state index in [1.165, 1.54) is 6.07 Å². The molecular weight excluding hydrogens is 286 g/mol. The number of aryl methyl sites for hydroxylation is 1. The smallest absolute Gasteiger partial charge is 0.306 e. The van der Waals surface area contributed by atoms with Crippen LogP contribution in [0, 0.1) is 12.7 Å². The third kappa shape index (κ3) is 4.22. The van der Waals surface area contributed by atoms with Gasteiger partial charge >= 0.3 is 6.18 Å². The Morgan fingerprint density at radius 3 is 2.57 bits per heavy atom. The Morgan fingerprint density at radius 2 is 1.90 bits per heavy atom. The normalized spacial score (nSPS) is 11.7. The predicted octanol–water partition coefficient (Wildman–Crippen LogP) is 3.23. The Morgan fingerprint density at radius 1 is 1.14 bits per heavy atom. The SMILES string of the molecule is Cc1cc(CNCc2nccc(C(F)(F)F)n2)ccc1F. The zero-order chi connectivity index (χ0) is 15.5. The molecule has 0 spiro atoms. The minimum atomic E-state index is -4.48. The number of aromatic nitrogens is 2. The van der Waals surface area contributed by atoms with Gasteiger partial charge in [0, 0.05) is 12.7 Å². The van der Waals surface area contributed by atoms with Crippen LogP contribution in [0.5, 0.6) is 0 Å². The first-order chi connectivity index (χ1) is 9.86. The minimum absolute atomic E-state index is 0.0589. The lowest BCUT2D eigenvalue weighted by Gasteiger charge is -2.08. The molecule has 1 N–H and O–H groups in total.